The Hall–Kier alpha value is -1.16. The van der Waals surface area contributed by atoms with E-state index >= 15 is 0 Å². The monoisotopic (exact) mass is 261 g/mol. The van der Waals surface area contributed by atoms with Crippen LogP contribution >= 0.6 is 11.3 Å². The molecular formula is C14H19N3S. The Bertz CT molecular complexity index is 569. The summed E-state index contributed by atoms with van der Waals surface area (Å²) in [5.41, 5.74) is 2.83. The van der Waals surface area contributed by atoms with Crippen LogP contribution in [0.2, 0.25) is 0 Å². The molecule has 2 aromatic heterocycles. The third kappa shape index (κ3) is 1.88. The maximum atomic E-state index is 4.40. The van der Waals surface area contributed by atoms with Crippen LogP contribution in [0.4, 0.5) is 5.82 Å². The predicted octanol–water partition coefficient (Wildman–Crippen LogP) is 3.85. The molecule has 0 unspecified atom stereocenters. The lowest BCUT2D eigenvalue weighted by Crippen LogP contribution is -2.21. The van der Waals surface area contributed by atoms with Gasteiger partial charge in [0.1, 0.15) is 12.1 Å². The van der Waals surface area contributed by atoms with E-state index in [1.807, 2.05) is 0 Å². The van der Waals surface area contributed by atoms with Gasteiger partial charge < -0.3 is 5.32 Å². The first kappa shape index (κ1) is 11.9. The summed E-state index contributed by atoms with van der Waals surface area (Å²) in [5, 5.41) is 5.70. The van der Waals surface area contributed by atoms with E-state index in [0.29, 0.717) is 5.41 Å². The first-order chi connectivity index (χ1) is 8.62. The number of nitrogens with one attached hydrogen (secondary N) is 1. The van der Waals surface area contributed by atoms with Crippen LogP contribution in [0.25, 0.3) is 10.2 Å². The normalized spacial score (nSPS) is 17.3. The van der Waals surface area contributed by atoms with Crippen LogP contribution in [-0.4, -0.2) is 16.5 Å². The summed E-state index contributed by atoms with van der Waals surface area (Å²) in [6.45, 7) is 7.78. The summed E-state index contributed by atoms with van der Waals surface area (Å²) in [7, 11) is 0. The van der Waals surface area contributed by atoms with Crippen molar-refractivity contribution in [3.63, 3.8) is 0 Å². The summed E-state index contributed by atoms with van der Waals surface area (Å²) in [5.74, 6) is 1.75. The van der Waals surface area contributed by atoms with Gasteiger partial charge in [-0.15, -0.1) is 11.3 Å². The molecule has 1 saturated carbocycles. The SMILES string of the molecule is Cc1csc2c(NCC3(C(C)C)CC3)ncnc12. The van der Waals surface area contributed by atoms with E-state index in [1.165, 1.54) is 23.1 Å². The number of thiophene rings is 1. The van der Waals surface area contributed by atoms with Gasteiger partial charge in [0.25, 0.3) is 0 Å². The lowest BCUT2D eigenvalue weighted by atomic mass is 9.92. The van der Waals surface area contributed by atoms with Crippen molar-refractivity contribution in [3.8, 4) is 0 Å². The molecule has 0 amide bonds. The molecule has 0 aromatic carbocycles. The van der Waals surface area contributed by atoms with Gasteiger partial charge in [0, 0.05) is 6.54 Å². The minimum Gasteiger partial charge on any atom is -0.368 e. The number of hydrogen-bond donors (Lipinski definition) is 1. The Morgan fingerprint density at radius 1 is 1.39 bits per heavy atom. The van der Waals surface area contributed by atoms with E-state index in [-0.39, 0.29) is 0 Å². The van der Waals surface area contributed by atoms with Crippen molar-refractivity contribution in [2.45, 2.75) is 33.6 Å². The maximum Gasteiger partial charge on any atom is 0.147 e. The molecule has 3 rings (SSSR count). The molecule has 2 heterocycles. The molecule has 0 spiro atoms. The number of fused-ring (bicyclic) bond motifs is 1. The summed E-state index contributed by atoms with van der Waals surface area (Å²) >= 11 is 1.73. The highest BCUT2D eigenvalue weighted by Crippen LogP contribution is 2.51. The second kappa shape index (κ2) is 4.19. The largest absolute Gasteiger partial charge is 0.368 e. The molecule has 4 heteroatoms. The van der Waals surface area contributed by atoms with Crippen LogP contribution in [0.15, 0.2) is 11.7 Å². The van der Waals surface area contributed by atoms with Crippen LogP contribution < -0.4 is 5.32 Å². The summed E-state index contributed by atoms with van der Waals surface area (Å²) in [4.78, 5) is 8.75. The number of aromatic nitrogens is 2. The molecule has 3 nitrogen and oxygen atoms in total. The number of hydrogen-bond acceptors (Lipinski definition) is 4. The average molecular weight is 261 g/mol. The molecule has 2 aromatic rings. The predicted molar refractivity (Wildman–Crippen MR) is 77.1 cm³/mol. The fraction of sp³-hybridized carbons (Fsp3) is 0.571. The second-order valence-corrected chi connectivity index (χ2v) is 6.57. The van der Waals surface area contributed by atoms with Crippen LogP contribution in [0.1, 0.15) is 32.3 Å². The van der Waals surface area contributed by atoms with Crippen molar-refractivity contribution < 1.29 is 0 Å². The molecule has 1 N–H and O–H groups in total. The van der Waals surface area contributed by atoms with E-state index in [0.717, 1.165) is 23.8 Å². The lowest BCUT2D eigenvalue weighted by molar-refractivity contribution is 0.380. The van der Waals surface area contributed by atoms with Gasteiger partial charge in [-0.3, -0.25) is 0 Å². The molecule has 0 bridgehead atoms. The van der Waals surface area contributed by atoms with Gasteiger partial charge in [0.15, 0.2) is 0 Å². The molecular weight excluding hydrogens is 242 g/mol. The highest BCUT2D eigenvalue weighted by atomic mass is 32.1. The first-order valence-electron chi connectivity index (χ1n) is 6.55. The standard InChI is InChI=1S/C14H19N3S/c1-9(2)14(4-5-14)7-15-13-12-11(16-8-17-13)10(3)6-18-12/h6,8-9H,4-5,7H2,1-3H3,(H,15,16,17). The van der Waals surface area contributed by atoms with Crippen LogP contribution in [-0.2, 0) is 0 Å². The minimum atomic E-state index is 0.504. The molecule has 1 fully saturated rings. The van der Waals surface area contributed by atoms with Crippen LogP contribution in [0.3, 0.4) is 0 Å². The van der Waals surface area contributed by atoms with Crippen molar-refractivity contribution in [1.82, 2.24) is 9.97 Å². The van der Waals surface area contributed by atoms with Gasteiger partial charge in [0.05, 0.1) is 10.2 Å². The van der Waals surface area contributed by atoms with Crippen molar-refractivity contribution in [2.75, 3.05) is 11.9 Å². The highest BCUT2D eigenvalue weighted by molar-refractivity contribution is 7.18. The van der Waals surface area contributed by atoms with Gasteiger partial charge in [-0.2, -0.15) is 0 Å². The number of aryl methyl sites for hydroxylation is 1. The molecule has 0 atom stereocenters. The lowest BCUT2D eigenvalue weighted by Gasteiger charge is -2.20. The maximum absolute atomic E-state index is 4.40. The minimum absolute atomic E-state index is 0.504. The van der Waals surface area contributed by atoms with Gasteiger partial charge in [-0.25, -0.2) is 9.97 Å². The van der Waals surface area contributed by atoms with Crippen LogP contribution in [0.5, 0.6) is 0 Å². The van der Waals surface area contributed by atoms with Gasteiger partial charge in [-0.05, 0) is 42.0 Å². The first-order valence-corrected chi connectivity index (χ1v) is 7.43. The Labute approximate surface area is 112 Å². The van der Waals surface area contributed by atoms with E-state index in [1.54, 1.807) is 17.7 Å². The van der Waals surface area contributed by atoms with E-state index in [9.17, 15) is 0 Å². The summed E-state index contributed by atoms with van der Waals surface area (Å²) in [6.07, 6.45) is 4.35. The van der Waals surface area contributed by atoms with Crippen molar-refractivity contribution >= 4 is 27.4 Å². The average Bonchev–Trinajstić information content (AvgIpc) is 3.07. The molecule has 0 saturated heterocycles. The van der Waals surface area contributed by atoms with Gasteiger partial charge in [-0.1, -0.05) is 13.8 Å². The Kier molecular flexibility index (Phi) is 2.77. The molecule has 0 aliphatic heterocycles. The van der Waals surface area contributed by atoms with E-state index in [4.69, 9.17) is 0 Å². The Balaban J connectivity index is 1.83. The van der Waals surface area contributed by atoms with Crippen molar-refractivity contribution in [3.05, 3.63) is 17.3 Å². The fourth-order valence-electron chi connectivity index (χ4n) is 2.47. The topological polar surface area (TPSA) is 37.8 Å². The zero-order valence-corrected chi connectivity index (χ0v) is 12.0. The zero-order valence-electron chi connectivity index (χ0n) is 11.2. The molecule has 1 aliphatic rings. The summed E-state index contributed by atoms with van der Waals surface area (Å²) < 4.78 is 1.19. The molecule has 96 valence electrons. The quantitative estimate of drug-likeness (QED) is 0.908. The Morgan fingerprint density at radius 2 is 2.17 bits per heavy atom. The van der Waals surface area contributed by atoms with Crippen molar-refractivity contribution in [2.24, 2.45) is 11.3 Å². The molecule has 1 aliphatic carbocycles. The summed E-state index contributed by atoms with van der Waals surface area (Å²) in [6, 6.07) is 0. The molecule has 0 radical (unpaired) electrons. The zero-order chi connectivity index (χ0) is 12.8. The number of anilines is 1. The highest BCUT2D eigenvalue weighted by Gasteiger charge is 2.45. The Morgan fingerprint density at radius 3 is 2.83 bits per heavy atom. The van der Waals surface area contributed by atoms with E-state index in [2.05, 4.69) is 41.4 Å². The third-order valence-corrected chi connectivity index (χ3v) is 5.35. The number of nitrogens with zero attached hydrogens (tertiary/aromatic N) is 2. The van der Waals surface area contributed by atoms with E-state index < -0.39 is 0 Å². The third-order valence-electron chi connectivity index (χ3n) is 4.26. The fourth-order valence-corrected chi connectivity index (χ4v) is 3.44. The van der Waals surface area contributed by atoms with Crippen LogP contribution in [0, 0.1) is 18.3 Å². The van der Waals surface area contributed by atoms with Gasteiger partial charge in [0.2, 0.25) is 0 Å². The van der Waals surface area contributed by atoms with Gasteiger partial charge >= 0.3 is 0 Å². The number of rotatable bonds is 4. The second-order valence-electron chi connectivity index (χ2n) is 5.69. The molecule has 18 heavy (non-hydrogen) atoms. The smallest absolute Gasteiger partial charge is 0.147 e. The van der Waals surface area contributed by atoms with Crippen molar-refractivity contribution in [1.29, 1.82) is 0 Å².